The first kappa shape index (κ1) is 109. The first-order valence-electron chi connectivity index (χ1n) is 47.7. The van der Waals surface area contributed by atoms with Gasteiger partial charge in [-0.25, -0.2) is 19.9 Å². The summed E-state index contributed by atoms with van der Waals surface area (Å²) < 4.78 is 4.94. The van der Waals surface area contributed by atoms with Crippen LogP contribution in [0.4, 0.5) is 29.5 Å². The molecule has 0 atom stereocenters. The highest BCUT2D eigenvalue weighted by molar-refractivity contribution is 7.15. The number of nitrogens with two attached hydrogens (primary N) is 2. The van der Waals surface area contributed by atoms with Gasteiger partial charge in [-0.3, -0.25) is 79.2 Å². The summed E-state index contributed by atoms with van der Waals surface area (Å²) in [6.07, 6.45) is 22.9. The third kappa shape index (κ3) is 36.4. The van der Waals surface area contributed by atoms with Gasteiger partial charge in [0.25, 0.3) is 35.4 Å². The molecule has 6 amide bonds. The van der Waals surface area contributed by atoms with Crippen LogP contribution < -0.4 is 69.5 Å². The zero-order valence-electron chi connectivity index (χ0n) is 81.5. The minimum Gasteiger partial charge on any atom is -0.370 e. The Morgan fingerprint density at radius 3 is 1.15 bits per heavy atom. The monoisotopic (exact) mass is 2140 g/mol. The lowest BCUT2D eigenvalue weighted by molar-refractivity contribution is -0.211. The predicted molar refractivity (Wildman–Crippen MR) is 581 cm³/mol. The Bertz CT molecular complexity index is 6930. The largest absolute Gasteiger partial charge is 0.370 e. The minimum atomic E-state index is -0.209. The van der Waals surface area contributed by atoms with E-state index in [9.17, 15) is 28.8 Å². The fourth-order valence-electron chi connectivity index (χ4n) is 13.9. The topological polar surface area (TPSA) is 627 Å². The highest BCUT2D eigenvalue weighted by Gasteiger charge is 2.21. The van der Waals surface area contributed by atoms with Crippen molar-refractivity contribution in [2.24, 2.45) is 20.2 Å². The van der Waals surface area contributed by atoms with E-state index in [2.05, 4.69) is 197 Å². The average Bonchev–Trinajstić information content (AvgIpc) is 1.73. The van der Waals surface area contributed by atoms with Crippen LogP contribution in [0.3, 0.4) is 0 Å². The van der Waals surface area contributed by atoms with Crippen LogP contribution >= 0.6 is 68.0 Å². The Labute approximate surface area is 884 Å². The Hall–Kier alpha value is -16.8. The van der Waals surface area contributed by atoms with Gasteiger partial charge >= 0.3 is 5.95 Å². The Morgan fingerprint density at radius 2 is 0.780 bits per heavy atom. The highest BCUT2D eigenvalue weighted by Crippen LogP contribution is 2.29. The maximum absolute atomic E-state index is 12.4. The molecule has 45 nitrogen and oxygen atoms in total. The fourth-order valence-corrected chi connectivity index (χ4v) is 18.0. The van der Waals surface area contributed by atoms with E-state index in [1.807, 2.05) is 149 Å². The van der Waals surface area contributed by atoms with Crippen molar-refractivity contribution in [3.8, 4) is 63.4 Å². The lowest BCUT2D eigenvalue weighted by atomic mass is 10.2. The minimum absolute atomic E-state index is 0.144. The smallest absolute Gasteiger partial charge is 0.315 e. The van der Waals surface area contributed by atoms with Crippen LogP contribution in [0, 0.1) is 6.92 Å². The molecule has 51 heteroatoms. The van der Waals surface area contributed by atoms with E-state index < -0.39 is 0 Å². The molecule has 0 aliphatic carbocycles. The molecule has 2 aliphatic rings. The number of carbonyl (C=O) groups is 6. The molecule has 0 aromatic carbocycles. The molecular formula is C99H112N38O7S6+2. The number of aliphatic imine (C=N–C) groups is 2. The zero-order valence-corrected chi connectivity index (χ0v) is 86.4. The van der Waals surface area contributed by atoms with Crippen LogP contribution in [0.1, 0.15) is 118 Å². The van der Waals surface area contributed by atoms with Gasteiger partial charge in [0, 0.05) is 156 Å². The summed E-state index contributed by atoms with van der Waals surface area (Å²) in [5, 5.41) is 97.6. The lowest BCUT2D eigenvalue weighted by Crippen LogP contribution is -2.31. The number of amides is 6. The average molecular weight is 2140 g/mol. The number of aromatic nitrogens is 20. The number of aromatic amines is 6. The number of thiophene rings is 6. The van der Waals surface area contributed by atoms with E-state index >= 15 is 0 Å². The molecule has 19 heterocycles. The molecule has 0 spiro atoms. The van der Waals surface area contributed by atoms with Crippen LogP contribution in [-0.2, 0) is 13.1 Å². The van der Waals surface area contributed by atoms with E-state index in [1.165, 1.54) is 11.1 Å². The van der Waals surface area contributed by atoms with Crippen LogP contribution in [0.2, 0.25) is 0 Å². The number of rotatable bonds is 49. The zero-order chi connectivity index (χ0) is 104. The molecule has 0 unspecified atom stereocenters. The number of carbonyl (C=O) groups excluding carboxylic acids is 6. The number of nitrogens with zero attached hydrogens (tertiary/aromatic N) is 19. The summed E-state index contributed by atoms with van der Waals surface area (Å²) in [6, 6.07) is 45.3. The quantitative estimate of drug-likeness (QED) is 0.0124. The van der Waals surface area contributed by atoms with Gasteiger partial charge in [0.05, 0.1) is 88.4 Å². The number of H-pyrrole nitrogens is 6. The van der Waals surface area contributed by atoms with Gasteiger partial charge in [-0.05, 0) is 199 Å². The molecule has 0 saturated carbocycles. The van der Waals surface area contributed by atoms with Gasteiger partial charge in [0.2, 0.25) is 17.7 Å². The molecule has 0 saturated heterocycles. The molecule has 21 N–H and O–H groups in total. The van der Waals surface area contributed by atoms with Crippen LogP contribution in [0.15, 0.2) is 263 Å². The summed E-state index contributed by atoms with van der Waals surface area (Å²) in [6.45, 7) is 14.4. The lowest BCUT2D eigenvalue weighted by Gasteiger charge is -2.21. The normalized spacial score (nSPS) is 11.5. The highest BCUT2D eigenvalue weighted by atomic mass is 32.1. The summed E-state index contributed by atoms with van der Waals surface area (Å²) in [5.74, 6) is 1.27. The second-order valence-corrected chi connectivity index (χ2v) is 38.2. The molecule has 19 rings (SSSR count). The van der Waals surface area contributed by atoms with E-state index in [1.54, 1.807) is 154 Å². The maximum Gasteiger partial charge on any atom is 0.315 e. The molecule has 17 aromatic heterocycles. The number of anilines is 3. The van der Waals surface area contributed by atoms with Crippen LogP contribution in [0.5, 0.6) is 0 Å². The first-order valence-corrected chi connectivity index (χ1v) is 53.0. The number of hydrogen-bond acceptors (Lipinski definition) is 37. The van der Waals surface area contributed by atoms with Crippen molar-refractivity contribution >= 4 is 145 Å². The molecule has 0 bridgehead atoms. The molecule has 0 fully saturated rings. The number of aryl methyl sites for hydroxylation is 1. The van der Waals surface area contributed by atoms with Gasteiger partial charge in [0.15, 0.2) is 34.2 Å². The van der Waals surface area contributed by atoms with Gasteiger partial charge in [0.1, 0.15) is 12.1 Å². The fraction of sp³-hybridized carbons (Fsp3) is 0.253. The third-order valence-corrected chi connectivity index (χ3v) is 26.8. The van der Waals surface area contributed by atoms with Gasteiger partial charge in [-0.15, -0.1) is 73.6 Å². The van der Waals surface area contributed by atoms with E-state index in [0.717, 1.165) is 171 Å². The van der Waals surface area contributed by atoms with Crippen molar-refractivity contribution in [2.75, 3.05) is 121 Å². The molecular weight excluding hydrogens is 2030 g/mol. The number of nitrogens with one attached hydrogen (secondary N) is 17. The van der Waals surface area contributed by atoms with Crippen molar-refractivity contribution in [1.29, 1.82) is 0 Å². The maximum atomic E-state index is 12.4. The second-order valence-electron chi connectivity index (χ2n) is 32.5. The molecule has 150 heavy (non-hydrogen) atoms. The summed E-state index contributed by atoms with van der Waals surface area (Å²) >= 11 is 9.61. The Balaban J connectivity index is 0.000000142. The van der Waals surface area contributed by atoms with Crippen LogP contribution in [-0.4, -0.2) is 259 Å². The third-order valence-electron chi connectivity index (χ3n) is 21.4. The van der Waals surface area contributed by atoms with Crippen molar-refractivity contribution in [2.45, 2.75) is 58.5 Å². The SMILES string of the molecule is Cc1ccnc(NCCCNC(=O)c2cc(-c3cccs3)[nH]n2)n1.O=C(NCCCN(CC1=CCN=C1)Cc1cnoc1)c1cc(-c2cccs2)[nH]n1.O=C(NCCCNCC1=CCN=C1)c1cc(-c2cccs2)[nH]n1.O=C(NCCCNCc1ccccn1)c1cc(-c2cccs2)[nH]n1.[NH2+]=Nc1ccnc(NCCCNC(=O)c2cc(-c3cccs3)[nH]n2)n1.[NH2+]=Nc1nccc(NCCCNC(=O)c2cc(-c3cccs3)[nH]n2)n1. The van der Waals surface area contributed by atoms with E-state index in [0.29, 0.717) is 123 Å². The van der Waals surface area contributed by atoms with Gasteiger partial charge in [-0.1, -0.05) is 59.8 Å². The molecule has 0 radical (unpaired) electrons. The van der Waals surface area contributed by atoms with Crippen molar-refractivity contribution in [3.05, 3.63) is 290 Å². The van der Waals surface area contributed by atoms with E-state index in [-0.39, 0.29) is 41.4 Å². The Morgan fingerprint density at radius 1 is 0.387 bits per heavy atom. The van der Waals surface area contributed by atoms with Crippen molar-refractivity contribution < 1.29 is 44.4 Å². The Kier molecular flexibility index (Phi) is 43.8. The van der Waals surface area contributed by atoms with Crippen LogP contribution in [0.25, 0.3) is 63.4 Å². The summed E-state index contributed by atoms with van der Waals surface area (Å²) in [5.41, 5.74) is 23.2. The predicted octanol–water partition coefficient (Wildman–Crippen LogP) is 11.5. The standard InChI is InChI=1S/C20H22N6O2S.C17H19N5OS.C16H18N6OS.C16H19N5OS.2C15H16N8OS/c27-20(18-9-17(24-25-18)19-3-1-8-29-19)22-5-2-7-26(12-15-4-6-21-10-15)13-16-11-23-28-14-16;23-17(15-11-14(21-22-15)16-6-3-10-24-16)20-9-4-7-18-12-13-5-1-2-8-19-13;1-11-5-8-19-16(20-11)18-7-3-6-17-15(23)13-10-12(21-22-13)14-4-2-9-24-14;22-16(14-9-13(20-21-14)15-3-1-8-23-15)19-6-2-5-17-10-12-4-7-18-11-12;16-21-13-4-7-19-15(20-13)18-6-2-5-17-14(24)11-9-10(22-23-11)12-3-1-8-25-12;16-21-15-19-7-4-13(20-15)17-5-2-6-18-14(24)11-9-10(22-23-11)12-3-1-8-25-12/h1,3-4,8-11,14H,2,5-7,12-13H2,(H,22,27)(H,24,25);1-3,5-6,8,10-11,18H,4,7,9,12H2,(H,20,23)(H,21,22);2,4-5,8-10H,3,6-7H2,1H3,(H,17,23)(H,21,22)(H,18,19,20);1,3-4,8-9,11,17H,2,5-7,10H2,(H,19,22)(H,20,21);1,3-4,7-9,16H,2,5-6H2,(H,17,24)(H,22,23)(H,18,19,20);1,3-4,7-9,16H,2,5-6H2,(H,18,24)(H,22,23)(H,17,19,20)/p+2. The number of pyridine rings is 1. The van der Waals surface area contributed by atoms with Crippen molar-refractivity contribution in [1.82, 2.24) is 149 Å². The first-order chi connectivity index (χ1) is 73.7. The second kappa shape index (κ2) is 60.3. The molecule has 2 aliphatic heterocycles. The molecule has 774 valence electrons. The van der Waals surface area contributed by atoms with Gasteiger partial charge in [-0.2, -0.15) is 46.1 Å². The summed E-state index contributed by atoms with van der Waals surface area (Å²) in [4.78, 5) is 118. The van der Waals surface area contributed by atoms with Gasteiger partial charge < -0.3 is 63.0 Å². The van der Waals surface area contributed by atoms with Crippen molar-refractivity contribution in [3.63, 3.8) is 0 Å². The summed E-state index contributed by atoms with van der Waals surface area (Å²) in [7, 11) is 0. The van der Waals surface area contributed by atoms with E-state index in [4.69, 9.17) is 15.6 Å². The molecule has 17 aromatic rings. The number of hydrogen-bond donors (Lipinski definition) is 19.